The molecule has 1 unspecified atom stereocenters. The molecule has 3 nitrogen and oxygen atoms in total. The Bertz CT molecular complexity index is 438. The second kappa shape index (κ2) is 4.05. The first-order valence-electron chi connectivity index (χ1n) is 4.72. The summed E-state index contributed by atoms with van der Waals surface area (Å²) in [7, 11) is 0. The first-order chi connectivity index (χ1) is 7.20. The molecule has 0 aliphatic carbocycles. The Balaban J connectivity index is 2.35. The normalized spacial score (nSPS) is 17.9. The molecule has 1 aliphatic heterocycles. The number of ether oxygens (including phenoxy) is 1. The zero-order chi connectivity index (χ0) is 10.8. The van der Waals surface area contributed by atoms with Crippen LogP contribution in [0.1, 0.15) is 18.1 Å². The predicted octanol–water partition coefficient (Wildman–Crippen LogP) is 2.50. The van der Waals surface area contributed by atoms with Gasteiger partial charge in [-0.3, -0.25) is 0 Å². The van der Waals surface area contributed by atoms with Crippen LogP contribution in [-0.2, 0) is 17.8 Å². The van der Waals surface area contributed by atoms with Crippen LogP contribution < -0.4 is 4.74 Å². The number of rotatable bonds is 2. The lowest BCUT2D eigenvalue weighted by Crippen LogP contribution is -2.05. The maximum atomic E-state index is 10.00. The van der Waals surface area contributed by atoms with Crippen molar-refractivity contribution < 1.29 is 9.53 Å². The van der Waals surface area contributed by atoms with E-state index in [4.69, 9.17) is 16.3 Å². The number of halogens is 1. The number of carbonyl (C=O) groups excluding carboxylic acids is 1. The number of hydrogen-bond acceptors (Lipinski definition) is 3. The molecule has 2 rings (SSSR count). The third kappa shape index (κ3) is 2.04. The Morgan fingerprint density at radius 3 is 3.20 bits per heavy atom. The van der Waals surface area contributed by atoms with Gasteiger partial charge in [-0.05, 0) is 30.2 Å². The van der Waals surface area contributed by atoms with Crippen molar-refractivity contribution in [3.8, 4) is 5.75 Å². The number of fused-ring (bicyclic) bond motifs is 1. The van der Waals surface area contributed by atoms with Gasteiger partial charge in [-0.1, -0.05) is 11.6 Å². The second-order valence-electron chi connectivity index (χ2n) is 3.61. The summed E-state index contributed by atoms with van der Waals surface area (Å²) >= 11 is 6.05. The highest BCUT2D eigenvalue weighted by molar-refractivity contribution is 6.32. The summed E-state index contributed by atoms with van der Waals surface area (Å²) in [6, 6.07) is 3.75. The highest BCUT2D eigenvalue weighted by atomic mass is 35.5. The molecule has 0 bridgehead atoms. The van der Waals surface area contributed by atoms with Gasteiger partial charge in [0.1, 0.15) is 11.9 Å². The van der Waals surface area contributed by atoms with Crippen LogP contribution in [0.15, 0.2) is 17.1 Å². The fourth-order valence-electron chi connectivity index (χ4n) is 1.76. The molecule has 1 aromatic rings. The molecule has 0 aromatic heterocycles. The van der Waals surface area contributed by atoms with Gasteiger partial charge < -0.3 is 4.74 Å². The van der Waals surface area contributed by atoms with E-state index >= 15 is 0 Å². The van der Waals surface area contributed by atoms with Crippen molar-refractivity contribution in [3.05, 3.63) is 28.3 Å². The van der Waals surface area contributed by atoms with Crippen molar-refractivity contribution in [2.24, 2.45) is 4.99 Å². The van der Waals surface area contributed by atoms with Gasteiger partial charge in [0, 0.05) is 6.42 Å². The zero-order valence-electron chi connectivity index (χ0n) is 8.29. The lowest BCUT2D eigenvalue weighted by atomic mass is 10.1. The molecule has 4 heteroatoms. The van der Waals surface area contributed by atoms with Crippen LogP contribution in [0.25, 0.3) is 0 Å². The van der Waals surface area contributed by atoms with E-state index in [-0.39, 0.29) is 6.10 Å². The molecule has 0 N–H and O–H groups in total. The van der Waals surface area contributed by atoms with Crippen molar-refractivity contribution in [1.82, 2.24) is 0 Å². The van der Waals surface area contributed by atoms with Crippen molar-refractivity contribution in [1.29, 1.82) is 0 Å². The largest absolute Gasteiger partial charge is 0.489 e. The molecular weight excluding hydrogens is 214 g/mol. The van der Waals surface area contributed by atoms with E-state index in [1.54, 1.807) is 6.07 Å². The van der Waals surface area contributed by atoms with Gasteiger partial charge in [-0.15, -0.1) is 0 Å². The fourth-order valence-corrected chi connectivity index (χ4v) is 2.07. The third-order valence-electron chi connectivity index (χ3n) is 2.33. The number of isocyanates is 1. The summed E-state index contributed by atoms with van der Waals surface area (Å²) < 4.78 is 5.56. The minimum atomic E-state index is 0.169. The van der Waals surface area contributed by atoms with Crippen LogP contribution in [0.2, 0.25) is 5.02 Å². The summed E-state index contributed by atoms with van der Waals surface area (Å²) in [6.07, 6.45) is 2.54. The van der Waals surface area contributed by atoms with Gasteiger partial charge in [-0.2, -0.15) is 0 Å². The Morgan fingerprint density at radius 1 is 1.67 bits per heavy atom. The smallest absolute Gasteiger partial charge is 0.235 e. The highest BCUT2D eigenvalue weighted by Gasteiger charge is 2.22. The number of benzene rings is 1. The molecule has 0 amide bonds. The predicted molar refractivity (Wildman–Crippen MR) is 57.1 cm³/mol. The summed E-state index contributed by atoms with van der Waals surface area (Å²) in [5, 5.41) is 0.591. The van der Waals surface area contributed by atoms with Crippen molar-refractivity contribution in [2.75, 3.05) is 0 Å². The molecule has 78 valence electrons. The van der Waals surface area contributed by atoms with Gasteiger partial charge in [0.2, 0.25) is 6.08 Å². The summed E-state index contributed by atoms with van der Waals surface area (Å²) in [5.74, 6) is 0.767. The highest BCUT2D eigenvalue weighted by Crippen LogP contribution is 2.36. The van der Waals surface area contributed by atoms with E-state index < -0.39 is 0 Å². The second-order valence-corrected chi connectivity index (χ2v) is 4.01. The molecule has 0 spiro atoms. The number of aliphatic imine (C=N–C) groups is 1. The average molecular weight is 224 g/mol. The van der Waals surface area contributed by atoms with Crippen LogP contribution in [-0.4, -0.2) is 12.2 Å². The maximum absolute atomic E-state index is 10.00. The van der Waals surface area contributed by atoms with Gasteiger partial charge in [0.25, 0.3) is 0 Å². The van der Waals surface area contributed by atoms with E-state index in [0.717, 1.165) is 23.3 Å². The minimum Gasteiger partial charge on any atom is -0.489 e. The van der Waals surface area contributed by atoms with Crippen LogP contribution in [0.4, 0.5) is 0 Å². The summed E-state index contributed by atoms with van der Waals surface area (Å²) in [4.78, 5) is 13.5. The molecule has 0 saturated carbocycles. The van der Waals surface area contributed by atoms with Gasteiger partial charge >= 0.3 is 0 Å². The minimum absolute atomic E-state index is 0.169. The molecule has 15 heavy (non-hydrogen) atoms. The van der Waals surface area contributed by atoms with E-state index in [2.05, 4.69) is 4.99 Å². The number of nitrogens with zero attached hydrogens (tertiary/aromatic N) is 1. The topological polar surface area (TPSA) is 38.7 Å². The van der Waals surface area contributed by atoms with Crippen LogP contribution in [0.5, 0.6) is 5.75 Å². The van der Waals surface area contributed by atoms with Crippen LogP contribution in [0, 0.1) is 0 Å². The van der Waals surface area contributed by atoms with Gasteiger partial charge in [0.05, 0.1) is 11.6 Å². The Labute approximate surface area is 92.7 Å². The Hall–Kier alpha value is -1.31. The lowest BCUT2D eigenvalue weighted by Gasteiger charge is -2.05. The van der Waals surface area contributed by atoms with Gasteiger partial charge in [0.15, 0.2) is 0 Å². The monoisotopic (exact) mass is 223 g/mol. The lowest BCUT2D eigenvalue weighted by molar-refractivity contribution is 0.255. The third-order valence-corrected chi connectivity index (χ3v) is 2.61. The summed E-state index contributed by atoms with van der Waals surface area (Å²) in [6.45, 7) is 2.32. The maximum Gasteiger partial charge on any atom is 0.235 e. The van der Waals surface area contributed by atoms with E-state index in [1.807, 2.05) is 13.0 Å². The van der Waals surface area contributed by atoms with Crippen LogP contribution in [0.3, 0.4) is 0 Å². The van der Waals surface area contributed by atoms with Crippen molar-refractivity contribution >= 4 is 17.7 Å². The first kappa shape index (κ1) is 10.2. The van der Waals surface area contributed by atoms with E-state index in [9.17, 15) is 4.79 Å². The molecule has 0 saturated heterocycles. The average Bonchev–Trinajstić information content (AvgIpc) is 2.56. The van der Waals surface area contributed by atoms with Crippen LogP contribution >= 0.6 is 11.6 Å². The Morgan fingerprint density at radius 2 is 2.47 bits per heavy atom. The molecule has 1 aromatic carbocycles. The zero-order valence-corrected chi connectivity index (χ0v) is 9.04. The SMILES string of the molecule is CC1Cc2cc(CN=C=O)cc(Cl)c2O1. The molecule has 1 atom stereocenters. The van der Waals surface area contributed by atoms with E-state index in [1.165, 1.54) is 6.08 Å². The molecule has 0 radical (unpaired) electrons. The number of hydrogen-bond donors (Lipinski definition) is 0. The standard InChI is InChI=1S/C11H10ClNO2/c1-7-2-9-3-8(5-13-6-14)4-10(12)11(9)15-7/h3-4,7H,2,5H2,1H3. The molecule has 1 heterocycles. The molecule has 1 aliphatic rings. The van der Waals surface area contributed by atoms with Crippen molar-refractivity contribution in [2.45, 2.75) is 26.0 Å². The molecule has 0 fully saturated rings. The van der Waals surface area contributed by atoms with Crippen molar-refractivity contribution in [3.63, 3.8) is 0 Å². The van der Waals surface area contributed by atoms with E-state index in [0.29, 0.717) is 11.6 Å². The van der Waals surface area contributed by atoms with Gasteiger partial charge in [-0.25, -0.2) is 9.79 Å². The Kier molecular flexibility index (Phi) is 2.76. The summed E-state index contributed by atoms with van der Waals surface area (Å²) in [5.41, 5.74) is 2.01. The fraction of sp³-hybridized carbons (Fsp3) is 0.364. The quantitative estimate of drug-likeness (QED) is 0.571. The first-order valence-corrected chi connectivity index (χ1v) is 5.10. The molecular formula is C11H10ClNO2.